The van der Waals surface area contributed by atoms with Gasteiger partial charge in [0, 0.05) is 26.9 Å². The summed E-state index contributed by atoms with van der Waals surface area (Å²) in [7, 11) is -0.417. The molecule has 0 aromatic heterocycles. The van der Waals surface area contributed by atoms with E-state index in [1.807, 2.05) is 0 Å². The third-order valence-corrected chi connectivity index (χ3v) is 6.35. The third-order valence-electron chi connectivity index (χ3n) is 4.80. The Kier molecular flexibility index (Phi) is 9.96. The normalized spacial score (nSPS) is 40.8. The van der Waals surface area contributed by atoms with Crippen LogP contribution in [0.15, 0.2) is 0 Å². The SMILES string of the molecule is B[C@@H]1O[C@H](COCB[C@@H]2O[C@H](COC)C(OP(C)(=O)S)C2O)C(OP(C)(=O)O)C1O. The summed E-state index contributed by atoms with van der Waals surface area (Å²) < 4.78 is 55.9. The fourth-order valence-corrected chi connectivity index (χ4v) is 5.27. The predicted molar refractivity (Wildman–Crippen MR) is 116 cm³/mol. The van der Waals surface area contributed by atoms with Crippen molar-refractivity contribution in [3.8, 4) is 0 Å². The molecule has 174 valence electrons. The first-order valence-corrected chi connectivity index (χ1v) is 14.8. The minimum absolute atomic E-state index is 0.0110. The van der Waals surface area contributed by atoms with Crippen LogP contribution in [-0.2, 0) is 37.1 Å². The van der Waals surface area contributed by atoms with Crippen molar-refractivity contribution in [1.82, 2.24) is 0 Å². The van der Waals surface area contributed by atoms with E-state index in [4.69, 9.17) is 28.0 Å². The topological polar surface area (TPSA) is 150 Å². The van der Waals surface area contributed by atoms with Gasteiger partial charge in [0.15, 0.2) is 7.28 Å². The van der Waals surface area contributed by atoms with Crippen molar-refractivity contribution in [2.24, 2.45) is 0 Å². The molecule has 6 unspecified atom stereocenters. The molecular weight excluding hydrogens is 460 g/mol. The maximum atomic E-state index is 11.9. The van der Waals surface area contributed by atoms with Crippen LogP contribution in [0.2, 0.25) is 0 Å². The van der Waals surface area contributed by atoms with Crippen LogP contribution in [0.4, 0.5) is 0 Å². The minimum atomic E-state index is -3.82. The minimum Gasteiger partial charge on any atom is -0.388 e. The molecule has 11 nitrogen and oxygen atoms in total. The van der Waals surface area contributed by atoms with Crippen LogP contribution in [0.3, 0.4) is 0 Å². The molecule has 0 bridgehead atoms. The average Bonchev–Trinajstić information content (AvgIpc) is 3.02. The first-order chi connectivity index (χ1) is 13.8. The Balaban J connectivity index is 1.85. The van der Waals surface area contributed by atoms with Crippen LogP contribution in [0.1, 0.15) is 0 Å². The van der Waals surface area contributed by atoms with Crippen molar-refractivity contribution in [3.63, 3.8) is 0 Å². The molecule has 3 N–H and O–H groups in total. The van der Waals surface area contributed by atoms with Gasteiger partial charge in [-0.25, -0.2) is 0 Å². The number of hydrogen-bond acceptors (Lipinski definition) is 10. The average molecular weight is 490 g/mol. The van der Waals surface area contributed by atoms with Crippen molar-refractivity contribution < 1.29 is 52.2 Å². The Morgan fingerprint density at radius 3 is 2.23 bits per heavy atom. The predicted octanol–water partition coefficient (Wildman–Crippen LogP) is -1.81. The van der Waals surface area contributed by atoms with Gasteiger partial charge in [0.2, 0.25) is 0 Å². The zero-order valence-electron chi connectivity index (χ0n) is 17.4. The molecule has 2 aliphatic heterocycles. The molecule has 0 radical (unpaired) electrons. The Hall–Kier alpha value is 0.580. The summed E-state index contributed by atoms with van der Waals surface area (Å²) >= 11 is 3.91. The second kappa shape index (κ2) is 11.1. The highest BCUT2D eigenvalue weighted by molar-refractivity contribution is 8.46. The molecular formula is C14H30B2O11P2S. The van der Waals surface area contributed by atoms with Gasteiger partial charge in [-0.1, -0.05) is 12.2 Å². The summed E-state index contributed by atoms with van der Waals surface area (Å²) in [4.78, 5) is 9.45. The lowest BCUT2D eigenvalue weighted by Crippen LogP contribution is -2.39. The van der Waals surface area contributed by atoms with E-state index in [0.717, 1.165) is 6.66 Å². The quantitative estimate of drug-likeness (QED) is 0.112. The first kappa shape index (κ1) is 26.8. The van der Waals surface area contributed by atoms with Crippen molar-refractivity contribution in [3.05, 3.63) is 0 Å². The second-order valence-electron chi connectivity index (χ2n) is 7.64. The van der Waals surface area contributed by atoms with E-state index >= 15 is 0 Å². The number of thiol groups is 1. The summed E-state index contributed by atoms with van der Waals surface area (Å²) in [5.74, 6) is 0. The molecule has 2 fully saturated rings. The van der Waals surface area contributed by atoms with Crippen LogP contribution in [0.5, 0.6) is 0 Å². The molecule has 0 aromatic carbocycles. The number of aliphatic hydroxyl groups is 2. The first-order valence-electron chi connectivity index (χ1n) is 9.53. The van der Waals surface area contributed by atoms with Gasteiger partial charge in [-0.15, -0.1) is 0 Å². The summed E-state index contributed by atoms with van der Waals surface area (Å²) in [6.07, 6.45) is -5.28. The molecule has 10 atom stereocenters. The fourth-order valence-electron chi connectivity index (χ4n) is 3.52. The Morgan fingerprint density at radius 1 is 1.07 bits per heavy atom. The van der Waals surface area contributed by atoms with E-state index in [-0.39, 0.29) is 19.7 Å². The standard InChI is InChI=1S/C14H30B2O11P2S/c1-22-4-7-12(27-29(3,21)30)10(18)14(25-7)16-6-23-5-8-11(26-28(2,19)20)9(17)13(15)24-8/h7-14,16-18H,4-6,15H2,1-3H3,(H,19,20)(H,21,30)/t7-,8-,9?,10?,11?,12?,13-,14-,29?/m1/s1. The molecule has 0 aromatic rings. The molecule has 0 spiro atoms. The lowest BCUT2D eigenvalue weighted by molar-refractivity contribution is -0.0219. The smallest absolute Gasteiger partial charge is 0.325 e. The summed E-state index contributed by atoms with van der Waals surface area (Å²) in [6.45, 7) is -0.457. The van der Waals surface area contributed by atoms with Gasteiger partial charge in [0.05, 0.1) is 25.2 Å². The van der Waals surface area contributed by atoms with Crippen LogP contribution in [-0.4, -0.2) is 119 Å². The van der Waals surface area contributed by atoms with Crippen molar-refractivity contribution >= 4 is 41.5 Å². The molecule has 16 heteroatoms. The second-order valence-corrected chi connectivity index (χ2v) is 13.5. The molecule has 2 aliphatic rings. The van der Waals surface area contributed by atoms with Crippen molar-refractivity contribution in [2.75, 3.05) is 40.2 Å². The van der Waals surface area contributed by atoms with Crippen LogP contribution >= 0.6 is 26.4 Å². The van der Waals surface area contributed by atoms with E-state index in [1.165, 1.54) is 13.8 Å². The molecule has 2 heterocycles. The van der Waals surface area contributed by atoms with E-state index in [0.29, 0.717) is 7.28 Å². The Morgan fingerprint density at radius 2 is 1.67 bits per heavy atom. The summed E-state index contributed by atoms with van der Waals surface area (Å²) in [5, 5.41) is 20.6. The maximum absolute atomic E-state index is 11.9. The number of ether oxygens (including phenoxy) is 4. The van der Waals surface area contributed by atoms with Crippen LogP contribution < -0.4 is 0 Å². The number of aliphatic hydroxyl groups excluding tert-OH is 2. The highest BCUT2D eigenvalue weighted by atomic mass is 32.7. The molecule has 0 amide bonds. The number of methoxy groups -OCH3 is 1. The molecule has 0 saturated carbocycles. The van der Waals surface area contributed by atoms with Crippen molar-refractivity contribution in [2.45, 2.75) is 48.6 Å². The molecule has 2 saturated heterocycles. The third kappa shape index (κ3) is 7.86. The van der Waals surface area contributed by atoms with Gasteiger partial charge >= 0.3 is 7.60 Å². The van der Waals surface area contributed by atoms with E-state index < -0.39 is 62.8 Å². The molecule has 2 rings (SSSR count). The van der Waals surface area contributed by atoms with Gasteiger partial charge in [0.25, 0.3) is 6.57 Å². The van der Waals surface area contributed by atoms with Gasteiger partial charge < -0.3 is 38.6 Å². The van der Waals surface area contributed by atoms with Gasteiger partial charge in [-0.3, -0.25) is 13.7 Å². The Labute approximate surface area is 182 Å². The molecule has 30 heavy (non-hydrogen) atoms. The van der Waals surface area contributed by atoms with E-state index in [2.05, 4.69) is 12.2 Å². The van der Waals surface area contributed by atoms with Gasteiger partial charge in [-0.05, 0) is 0 Å². The highest BCUT2D eigenvalue weighted by Gasteiger charge is 2.47. The zero-order valence-corrected chi connectivity index (χ0v) is 20.1. The number of hydrogen-bond donors (Lipinski definition) is 4. The lowest BCUT2D eigenvalue weighted by Gasteiger charge is -2.22. The highest BCUT2D eigenvalue weighted by Crippen LogP contribution is 2.50. The van der Waals surface area contributed by atoms with E-state index in [9.17, 15) is 24.2 Å². The maximum Gasteiger partial charge on any atom is 0.325 e. The summed E-state index contributed by atoms with van der Waals surface area (Å²) in [6, 6.07) is -1.21. The van der Waals surface area contributed by atoms with Gasteiger partial charge in [0.1, 0.15) is 44.5 Å². The lowest BCUT2D eigenvalue weighted by atomic mass is 9.70. The van der Waals surface area contributed by atoms with Crippen LogP contribution in [0.25, 0.3) is 0 Å². The van der Waals surface area contributed by atoms with E-state index in [1.54, 1.807) is 7.85 Å². The van der Waals surface area contributed by atoms with Crippen molar-refractivity contribution in [1.29, 1.82) is 0 Å². The van der Waals surface area contributed by atoms with Crippen LogP contribution in [0, 0.1) is 0 Å². The Bertz CT molecular complexity index is 649. The fraction of sp³-hybridized carbons (Fsp3) is 1.00. The van der Waals surface area contributed by atoms with Gasteiger partial charge in [-0.2, -0.15) is 0 Å². The zero-order chi connectivity index (χ0) is 22.7. The largest absolute Gasteiger partial charge is 0.388 e. The monoisotopic (exact) mass is 490 g/mol. The summed E-state index contributed by atoms with van der Waals surface area (Å²) in [5.41, 5.74) is 0. The number of rotatable bonds is 11. The molecule has 0 aliphatic carbocycles.